The van der Waals surface area contributed by atoms with Crippen molar-refractivity contribution in [3.8, 4) is 0 Å². The monoisotopic (exact) mass is 220 g/mol. The molecule has 0 aliphatic rings. The molecule has 0 spiro atoms. The van der Waals surface area contributed by atoms with Crippen LogP contribution in [0.3, 0.4) is 0 Å². The normalized spacial score (nSPS) is 13.0. The molecule has 0 heterocycles. The lowest BCUT2D eigenvalue weighted by molar-refractivity contribution is -0.516. The van der Waals surface area contributed by atoms with Crippen molar-refractivity contribution in [2.45, 2.75) is 57.9 Å². The minimum Gasteiger partial charge on any atom is -0.328 e. The first-order chi connectivity index (χ1) is 7.31. The zero-order chi connectivity index (χ0) is 11.4. The Bertz CT molecular complexity index is 125. The van der Waals surface area contributed by atoms with Crippen LogP contribution in [0.5, 0.6) is 0 Å². The predicted molar refractivity (Wildman–Crippen MR) is 58.3 cm³/mol. The SMILES string of the molecule is CCCC(N)CCCCCCOOON. The third-order valence-electron chi connectivity index (χ3n) is 2.30. The van der Waals surface area contributed by atoms with Crippen molar-refractivity contribution in [3.05, 3.63) is 0 Å². The summed E-state index contributed by atoms with van der Waals surface area (Å²) in [5, 5.41) is 4.07. The summed E-state index contributed by atoms with van der Waals surface area (Å²) in [4.78, 5) is 8.37. The lowest BCUT2D eigenvalue weighted by atomic mass is 10.0. The maximum atomic E-state index is 5.89. The third-order valence-corrected chi connectivity index (χ3v) is 2.30. The molecule has 0 saturated carbocycles. The van der Waals surface area contributed by atoms with E-state index in [1.54, 1.807) is 0 Å². The van der Waals surface area contributed by atoms with Crippen molar-refractivity contribution >= 4 is 0 Å². The van der Waals surface area contributed by atoms with Crippen LogP contribution < -0.4 is 11.6 Å². The molecule has 0 radical (unpaired) electrons. The van der Waals surface area contributed by atoms with Gasteiger partial charge in [0.05, 0.1) is 6.61 Å². The molecule has 1 atom stereocenters. The van der Waals surface area contributed by atoms with Crippen molar-refractivity contribution < 1.29 is 14.9 Å². The standard InChI is InChI=1S/C10H24N2O3/c1-2-7-10(11)8-5-3-4-6-9-13-15-14-12/h10H,2-9,11-12H2,1H3. The first-order valence-corrected chi connectivity index (χ1v) is 5.71. The Morgan fingerprint density at radius 3 is 2.47 bits per heavy atom. The molecule has 0 bridgehead atoms. The minimum atomic E-state index is 0.375. The van der Waals surface area contributed by atoms with Gasteiger partial charge in [-0.1, -0.05) is 32.6 Å². The van der Waals surface area contributed by atoms with Crippen LogP contribution in [0.2, 0.25) is 0 Å². The predicted octanol–water partition coefficient (Wildman–Crippen LogP) is 1.82. The van der Waals surface area contributed by atoms with E-state index in [1.807, 2.05) is 0 Å². The fourth-order valence-electron chi connectivity index (χ4n) is 1.50. The van der Waals surface area contributed by atoms with Gasteiger partial charge in [0.25, 0.3) is 0 Å². The highest BCUT2D eigenvalue weighted by Crippen LogP contribution is 2.07. The van der Waals surface area contributed by atoms with Crippen molar-refractivity contribution in [1.29, 1.82) is 0 Å². The van der Waals surface area contributed by atoms with E-state index in [2.05, 4.69) is 27.7 Å². The van der Waals surface area contributed by atoms with Crippen LogP contribution in [0, 0.1) is 0 Å². The van der Waals surface area contributed by atoms with Gasteiger partial charge in [0.1, 0.15) is 0 Å². The van der Waals surface area contributed by atoms with Crippen LogP contribution in [-0.4, -0.2) is 12.6 Å². The van der Waals surface area contributed by atoms with E-state index in [9.17, 15) is 0 Å². The molecule has 0 amide bonds. The summed E-state index contributed by atoms with van der Waals surface area (Å²) in [6.45, 7) is 2.68. The maximum absolute atomic E-state index is 5.89. The van der Waals surface area contributed by atoms with E-state index in [0.717, 1.165) is 25.7 Å². The first-order valence-electron chi connectivity index (χ1n) is 5.71. The smallest absolute Gasteiger partial charge is 0.0854 e. The molecule has 0 aliphatic heterocycles. The van der Waals surface area contributed by atoms with Crippen LogP contribution >= 0.6 is 0 Å². The summed E-state index contributed by atoms with van der Waals surface area (Å²) in [5.41, 5.74) is 5.89. The third kappa shape index (κ3) is 11.7. The van der Waals surface area contributed by atoms with Gasteiger partial charge in [-0.15, -0.1) is 4.99 Å². The molecule has 92 valence electrons. The number of unbranched alkanes of at least 4 members (excludes halogenated alkanes) is 3. The first kappa shape index (κ1) is 14.8. The van der Waals surface area contributed by atoms with Crippen molar-refractivity contribution in [3.63, 3.8) is 0 Å². The summed E-state index contributed by atoms with van der Waals surface area (Å²) in [7, 11) is 0. The molecule has 0 saturated heterocycles. The summed E-state index contributed by atoms with van der Waals surface area (Å²) >= 11 is 0. The van der Waals surface area contributed by atoms with E-state index in [4.69, 9.17) is 5.73 Å². The van der Waals surface area contributed by atoms with E-state index >= 15 is 0 Å². The Balaban J connectivity index is 2.98. The number of hydrogen-bond acceptors (Lipinski definition) is 5. The fraction of sp³-hybridized carbons (Fsp3) is 1.00. The minimum absolute atomic E-state index is 0.375. The molecule has 0 aromatic carbocycles. The maximum Gasteiger partial charge on any atom is 0.0854 e. The summed E-state index contributed by atoms with van der Waals surface area (Å²) in [5.74, 6) is 4.59. The van der Waals surface area contributed by atoms with E-state index in [1.165, 1.54) is 19.3 Å². The molecule has 0 aromatic heterocycles. The molecule has 5 nitrogen and oxygen atoms in total. The zero-order valence-electron chi connectivity index (χ0n) is 9.61. The van der Waals surface area contributed by atoms with Crippen LogP contribution in [-0.2, 0) is 14.9 Å². The van der Waals surface area contributed by atoms with Crippen molar-refractivity contribution in [1.82, 2.24) is 0 Å². The molecule has 1 unspecified atom stereocenters. The molecule has 0 aromatic rings. The van der Waals surface area contributed by atoms with Crippen LogP contribution in [0.25, 0.3) is 0 Å². The quantitative estimate of drug-likeness (QED) is 0.315. The molecular weight excluding hydrogens is 196 g/mol. The molecular formula is C10H24N2O3. The fourth-order valence-corrected chi connectivity index (χ4v) is 1.50. The van der Waals surface area contributed by atoms with Gasteiger partial charge in [-0.25, -0.2) is 4.89 Å². The Morgan fingerprint density at radius 2 is 1.80 bits per heavy atom. The molecule has 0 fully saturated rings. The van der Waals surface area contributed by atoms with Gasteiger partial charge in [0, 0.05) is 6.04 Å². The molecule has 5 heteroatoms. The molecule has 0 aliphatic carbocycles. The Labute approximate surface area is 91.9 Å². The second-order valence-corrected chi connectivity index (χ2v) is 3.74. The lowest BCUT2D eigenvalue weighted by Gasteiger charge is -2.09. The van der Waals surface area contributed by atoms with Gasteiger partial charge in [-0.2, -0.15) is 5.90 Å². The van der Waals surface area contributed by atoms with Crippen LogP contribution in [0.15, 0.2) is 0 Å². The zero-order valence-corrected chi connectivity index (χ0v) is 9.61. The van der Waals surface area contributed by atoms with Gasteiger partial charge < -0.3 is 5.73 Å². The van der Waals surface area contributed by atoms with Gasteiger partial charge in [-0.05, 0) is 24.3 Å². The van der Waals surface area contributed by atoms with Crippen molar-refractivity contribution in [2.75, 3.05) is 6.61 Å². The Hall–Kier alpha value is -0.200. The van der Waals surface area contributed by atoms with Crippen LogP contribution in [0.1, 0.15) is 51.9 Å². The van der Waals surface area contributed by atoms with Gasteiger partial charge in [-0.3, -0.25) is 0 Å². The average Bonchev–Trinajstić information content (AvgIpc) is 2.22. The highest BCUT2D eigenvalue weighted by Gasteiger charge is 2.00. The van der Waals surface area contributed by atoms with Crippen LogP contribution in [0.4, 0.5) is 0 Å². The second kappa shape index (κ2) is 11.9. The summed E-state index contributed by atoms with van der Waals surface area (Å²) in [6, 6.07) is 0.375. The van der Waals surface area contributed by atoms with Gasteiger partial charge >= 0.3 is 0 Å². The highest BCUT2D eigenvalue weighted by molar-refractivity contribution is 4.59. The van der Waals surface area contributed by atoms with Gasteiger partial charge in [0.15, 0.2) is 0 Å². The summed E-state index contributed by atoms with van der Waals surface area (Å²) in [6.07, 6.45) is 7.87. The largest absolute Gasteiger partial charge is 0.328 e. The van der Waals surface area contributed by atoms with E-state index in [0.29, 0.717) is 12.6 Å². The highest BCUT2D eigenvalue weighted by atomic mass is 17.5. The van der Waals surface area contributed by atoms with E-state index < -0.39 is 0 Å². The summed E-state index contributed by atoms with van der Waals surface area (Å²) < 4.78 is 0. The average molecular weight is 220 g/mol. The van der Waals surface area contributed by atoms with Crippen molar-refractivity contribution in [2.24, 2.45) is 11.6 Å². The number of nitrogens with two attached hydrogens (primary N) is 2. The van der Waals surface area contributed by atoms with Gasteiger partial charge in [0.2, 0.25) is 0 Å². The molecule has 15 heavy (non-hydrogen) atoms. The Kier molecular flexibility index (Phi) is 11.7. The van der Waals surface area contributed by atoms with E-state index in [-0.39, 0.29) is 0 Å². The number of hydrogen-bond donors (Lipinski definition) is 2. The second-order valence-electron chi connectivity index (χ2n) is 3.74. The molecule has 0 rings (SSSR count). The lowest BCUT2D eigenvalue weighted by Crippen LogP contribution is -2.18. The molecule has 4 N–H and O–H groups in total. The number of rotatable bonds is 11. The topological polar surface area (TPSA) is 79.7 Å². The Morgan fingerprint density at radius 1 is 1.07 bits per heavy atom.